The normalized spacial score (nSPS) is 26.3. The summed E-state index contributed by atoms with van der Waals surface area (Å²) in [5.74, 6) is 0. The van der Waals surface area contributed by atoms with Crippen LogP contribution < -0.4 is 5.56 Å². The summed E-state index contributed by atoms with van der Waals surface area (Å²) >= 11 is 0. The number of hydrogen-bond donors (Lipinski definition) is 1. The first-order valence-electron chi connectivity index (χ1n) is 5.59. The summed E-state index contributed by atoms with van der Waals surface area (Å²) in [7, 11) is 0. The minimum atomic E-state index is 0.0438. The monoisotopic (exact) mass is 205 g/mol. The Kier molecular flexibility index (Phi) is 1.92. The van der Waals surface area contributed by atoms with Crippen LogP contribution >= 0.6 is 0 Å². The molecule has 1 atom stereocenters. The number of H-pyrrole nitrogens is 1. The predicted octanol–water partition coefficient (Wildman–Crippen LogP) is 0.851. The van der Waals surface area contributed by atoms with Crippen molar-refractivity contribution in [1.82, 2.24) is 14.9 Å². The van der Waals surface area contributed by atoms with Crippen LogP contribution in [0.3, 0.4) is 0 Å². The van der Waals surface area contributed by atoms with Crippen LogP contribution in [0.15, 0.2) is 11.1 Å². The van der Waals surface area contributed by atoms with Crippen LogP contribution in [0.4, 0.5) is 0 Å². The fraction of sp³-hybridized carbons (Fsp3) is 0.636. The zero-order valence-electron chi connectivity index (χ0n) is 8.86. The van der Waals surface area contributed by atoms with E-state index in [1.807, 2.05) is 0 Å². The van der Waals surface area contributed by atoms with Gasteiger partial charge in [0.15, 0.2) is 0 Å². The summed E-state index contributed by atoms with van der Waals surface area (Å²) in [6, 6.07) is 1.05. The topological polar surface area (TPSA) is 49.0 Å². The van der Waals surface area contributed by atoms with E-state index in [0.717, 1.165) is 30.3 Å². The highest BCUT2D eigenvalue weighted by atomic mass is 16.1. The van der Waals surface area contributed by atoms with Crippen molar-refractivity contribution in [3.8, 4) is 0 Å². The SMILES string of the molecule is CC1c2nc[nH]c(=O)c2CCN1C1CC1. The van der Waals surface area contributed by atoms with Crippen molar-refractivity contribution in [1.29, 1.82) is 0 Å². The minimum Gasteiger partial charge on any atom is -0.313 e. The third-order valence-corrected chi connectivity index (χ3v) is 3.51. The lowest BCUT2D eigenvalue weighted by molar-refractivity contribution is 0.183. The van der Waals surface area contributed by atoms with E-state index in [2.05, 4.69) is 21.8 Å². The smallest absolute Gasteiger partial charge is 0.254 e. The molecule has 80 valence electrons. The summed E-state index contributed by atoms with van der Waals surface area (Å²) in [4.78, 5) is 21.0. The van der Waals surface area contributed by atoms with Gasteiger partial charge in [0.2, 0.25) is 0 Å². The molecule has 0 amide bonds. The van der Waals surface area contributed by atoms with Crippen LogP contribution in [-0.2, 0) is 6.42 Å². The van der Waals surface area contributed by atoms with Gasteiger partial charge in [0.05, 0.1) is 18.1 Å². The Morgan fingerprint density at radius 3 is 3.07 bits per heavy atom. The number of hydrogen-bond acceptors (Lipinski definition) is 3. The van der Waals surface area contributed by atoms with E-state index >= 15 is 0 Å². The maximum Gasteiger partial charge on any atom is 0.254 e. The second-order valence-corrected chi connectivity index (χ2v) is 4.49. The Morgan fingerprint density at radius 2 is 2.33 bits per heavy atom. The number of fused-ring (bicyclic) bond motifs is 1. The lowest BCUT2D eigenvalue weighted by Gasteiger charge is -2.33. The highest BCUT2D eigenvalue weighted by Crippen LogP contribution is 2.36. The molecule has 3 rings (SSSR count). The van der Waals surface area contributed by atoms with Crippen molar-refractivity contribution >= 4 is 0 Å². The van der Waals surface area contributed by atoms with Crippen LogP contribution in [0, 0.1) is 0 Å². The van der Waals surface area contributed by atoms with E-state index < -0.39 is 0 Å². The van der Waals surface area contributed by atoms with Crippen LogP contribution in [-0.4, -0.2) is 27.5 Å². The van der Waals surface area contributed by atoms with E-state index in [9.17, 15) is 4.79 Å². The van der Waals surface area contributed by atoms with Crippen LogP contribution in [0.1, 0.15) is 37.1 Å². The van der Waals surface area contributed by atoms with E-state index in [1.165, 1.54) is 19.2 Å². The van der Waals surface area contributed by atoms with Gasteiger partial charge in [-0.25, -0.2) is 4.98 Å². The number of aromatic amines is 1. The first kappa shape index (κ1) is 9.09. The summed E-state index contributed by atoms with van der Waals surface area (Å²) in [6.07, 6.45) is 4.99. The molecule has 1 N–H and O–H groups in total. The summed E-state index contributed by atoms with van der Waals surface area (Å²) in [6.45, 7) is 3.16. The van der Waals surface area contributed by atoms with E-state index in [0.29, 0.717) is 6.04 Å². The Balaban J connectivity index is 2.01. The zero-order chi connectivity index (χ0) is 10.4. The molecule has 1 unspecified atom stereocenters. The largest absolute Gasteiger partial charge is 0.313 e. The lowest BCUT2D eigenvalue weighted by atomic mass is 10.00. The minimum absolute atomic E-state index is 0.0438. The molecule has 1 aliphatic heterocycles. The van der Waals surface area contributed by atoms with Crippen molar-refractivity contribution < 1.29 is 0 Å². The molecule has 4 heteroatoms. The van der Waals surface area contributed by atoms with Crippen molar-refractivity contribution in [2.45, 2.75) is 38.3 Å². The number of aromatic nitrogens is 2. The molecule has 0 aromatic carbocycles. The van der Waals surface area contributed by atoms with E-state index in [-0.39, 0.29) is 5.56 Å². The van der Waals surface area contributed by atoms with Gasteiger partial charge in [-0.15, -0.1) is 0 Å². The van der Waals surface area contributed by atoms with E-state index in [4.69, 9.17) is 0 Å². The first-order valence-corrected chi connectivity index (χ1v) is 5.59. The van der Waals surface area contributed by atoms with Crippen molar-refractivity contribution in [3.63, 3.8) is 0 Å². The summed E-state index contributed by atoms with van der Waals surface area (Å²) in [5, 5.41) is 0. The average molecular weight is 205 g/mol. The van der Waals surface area contributed by atoms with Crippen molar-refractivity contribution in [3.05, 3.63) is 27.9 Å². The van der Waals surface area contributed by atoms with Crippen LogP contribution in [0.2, 0.25) is 0 Å². The molecule has 1 aromatic rings. The van der Waals surface area contributed by atoms with Gasteiger partial charge < -0.3 is 4.98 Å². The summed E-state index contributed by atoms with van der Waals surface area (Å²) in [5.41, 5.74) is 1.92. The molecule has 15 heavy (non-hydrogen) atoms. The van der Waals surface area contributed by atoms with Crippen molar-refractivity contribution in [2.24, 2.45) is 0 Å². The molecule has 1 aromatic heterocycles. The van der Waals surface area contributed by atoms with Gasteiger partial charge in [-0.3, -0.25) is 9.69 Å². The van der Waals surface area contributed by atoms with Gasteiger partial charge >= 0.3 is 0 Å². The Labute approximate surface area is 88.3 Å². The molecular formula is C11H15N3O. The van der Waals surface area contributed by atoms with Gasteiger partial charge in [-0.05, 0) is 26.2 Å². The van der Waals surface area contributed by atoms with Gasteiger partial charge in [0.1, 0.15) is 0 Å². The van der Waals surface area contributed by atoms with Crippen LogP contribution in [0.25, 0.3) is 0 Å². The molecule has 1 fully saturated rings. The number of nitrogens with zero attached hydrogens (tertiary/aromatic N) is 2. The van der Waals surface area contributed by atoms with Crippen LogP contribution in [0.5, 0.6) is 0 Å². The fourth-order valence-corrected chi connectivity index (χ4v) is 2.54. The average Bonchev–Trinajstić information content (AvgIpc) is 3.03. The molecule has 0 bridgehead atoms. The fourth-order valence-electron chi connectivity index (χ4n) is 2.54. The van der Waals surface area contributed by atoms with Crippen molar-refractivity contribution in [2.75, 3.05) is 6.54 Å². The maximum absolute atomic E-state index is 11.6. The summed E-state index contributed by atoms with van der Waals surface area (Å²) < 4.78 is 0. The molecule has 0 spiro atoms. The van der Waals surface area contributed by atoms with Gasteiger partial charge in [0, 0.05) is 18.2 Å². The Morgan fingerprint density at radius 1 is 1.53 bits per heavy atom. The lowest BCUT2D eigenvalue weighted by Crippen LogP contribution is -2.39. The molecule has 0 radical (unpaired) electrons. The second-order valence-electron chi connectivity index (χ2n) is 4.49. The van der Waals surface area contributed by atoms with Gasteiger partial charge in [0.25, 0.3) is 5.56 Å². The second kappa shape index (κ2) is 3.17. The third kappa shape index (κ3) is 1.40. The maximum atomic E-state index is 11.6. The standard InChI is InChI=1S/C11H15N3O/c1-7-10-9(11(15)13-6-12-10)4-5-14(7)8-2-3-8/h6-8H,2-5H2,1H3,(H,12,13,15). The molecule has 1 saturated carbocycles. The van der Waals surface area contributed by atoms with Gasteiger partial charge in [-0.1, -0.05) is 0 Å². The Hall–Kier alpha value is -1.16. The van der Waals surface area contributed by atoms with E-state index in [1.54, 1.807) is 0 Å². The number of nitrogens with one attached hydrogen (secondary N) is 1. The molecule has 2 aliphatic rings. The highest BCUT2D eigenvalue weighted by Gasteiger charge is 2.36. The molecule has 1 aliphatic carbocycles. The first-order chi connectivity index (χ1) is 7.27. The highest BCUT2D eigenvalue weighted by molar-refractivity contribution is 5.23. The number of rotatable bonds is 1. The zero-order valence-corrected chi connectivity index (χ0v) is 8.86. The predicted molar refractivity (Wildman–Crippen MR) is 56.7 cm³/mol. The third-order valence-electron chi connectivity index (χ3n) is 3.51. The molecule has 0 saturated heterocycles. The molecular weight excluding hydrogens is 190 g/mol. The van der Waals surface area contributed by atoms with Gasteiger partial charge in [-0.2, -0.15) is 0 Å². The molecule has 4 nitrogen and oxygen atoms in total. The molecule has 2 heterocycles. The Bertz CT molecular complexity index is 436. The quantitative estimate of drug-likeness (QED) is 0.739.